The molecule has 2 aromatic heterocycles. The van der Waals surface area contributed by atoms with E-state index in [1.165, 1.54) is 29.8 Å². The average Bonchev–Trinajstić information content (AvgIpc) is 3.44. The summed E-state index contributed by atoms with van der Waals surface area (Å²) in [5.74, 6) is -0.297. The number of nitriles is 1. The number of amides is 1. The predicted octanol–water partition coefficient (Wildman–Crippen LogP) is 1.97. The van der Waals surface area contributed by atoms with Crippen molar-refractivity contribution in [2.75, 3.05) is 18.0 Å². The second kappa shape index (κ2) is 8.55. The van der Waals surface area contributed by atoms with Crippen LogP contribution in [-0.2, 0) is 6.54 Å². The van der Waals surface area contributed by atoms with E-state index >= 15 is 0 Å². The van der Waals surface area contributed by atoms with Gasteiger partial charge in [-0.1, -0.05) is 6.07 Å². The molecule has 0 saturated carbocycles. The van der Waals surface area contributed by atoms with Crippen LogP contribution < -0.4 is 4.90 Å². The smallest absolute Gasteiger partial charge is 0.412 e. The SMILES string of the molecule is CB(O)N1Cc2nc(-c3c(F)cccc3C#N)cc(-n3ccc(N4CCC(O)CC4)n3)c2C1=O. The number of aliphatic hydroxyl groups excluding tert-OH is 1. The van der Waals surface area contributed by atoms with Crippen LogP contribution in [0.1, 0.15) is 34.5 Å². The van der Waals surface area contributed by atoms with Crippen LogP contribution in [0.5, 0.6) is 0 Å². The largest absolute Gasteiger partial charge is 0.432 e. The van der Waals surface area contributed by atoms with E-state index in [1.54, 1.807) is 16.9 Å². The number of benzene rings is 1. The zero-order valence-electron chi connectivity index (χ0n) is 18.5. The van der Waals surface area contributed by atoms with Gasteiger partial charge in [0, 0.05) is 25.4 Å². The first-order valence-corrected chi connectivity index (χ1v) is 11.1. The molecule has 0 atom stereocenters. The van der Waals surface area contributed by atoms with Crippen LogP contribution >= 0.6 is 0 Å². The molecule has 2 aliphatic rings. The number of pyridine rings is 1. The number of carbonyl (C=O) groups is 1. The summed E-state index contributed by atoms with van der Waals surface area (Å²) < 4.78 is 16.4. The fourth-order valence-corrected chi connectivity index (χ4v) is 4.51. The van der Waals surface area contributed by atoms with Crippen molar-refractivity contribution in [1.82, 2.24) is 19.6 Å². The minimum atomic E-state index is -1.03. The molecule has 1 aromatic carbocycles. The molecule has 4 heterocycles. The number of aromatic nitrogens is 3. The maximum atomic E-state index is 14.8. The zero-order chi connectivity index (χ0) is 24.0. The highest BCUT2D eigenvalue weighted by atomic mass is 19.1. The molecule has 9 nitrogen and oxygen atoms in total. The lowest BCUT2D eigenvalue weighted by Crippen LogP contribution is -2.37. The van der Waals surface area contributed by atoms with Crippen LogP contribution in [0.4, 0.5) is 10.2 Å². The van der Waals surface area contributed by atoms with Crippen LogP contribution in [0.25, 0.3) is 16.9 Å². The lowest BCUT2D eigenvalue weighted by molar-refractivity contribution is 0.0860. The molecule has 5 rings (SSSR count). The Morgan fingerprint density at radius 1 is 1.24 bits per heavy atom. The molecule has 2 N–H and O–H groups in total. The summed E-state index contributed by atoms with van der Waals surface area (Å²) in [6, 6.07) is 9.60. The van der Waals surface area contributed by atoms with Crippen molar-refractivity contribution in [3.63, 3.8) is 0 Å². The van der Waals surface area contributed by atoms with Crippen molar-refractivity contribution < 1.29 is 19.3 Å². The van der Waals surface area contributed by atoms with Crippen LogP contribution in [-0.4, -0.2) is 61.9 Å². The Morgan fingerprint density at radius 3 is 2.71 bits per heavy atom. The summed E-state index contributed by atoms with van der Waals surface area (Å²) in [6.45, 7) is 2.87. The molecule has 1 saturated heterocycles. The van der Waals surface area contributed by atoms with E-state index in [4.69, 9.17) is 0 Å². The van der Waals surface area contributed by atoms with E-state index in [9.17, 15) is 24.6 Å². The summed E-state index contributed by atoms with van der Waals surface area (Å²) in [5, 5.41) is 34.1. The number of fused-ring (bicyclic) bond motifs is 1. The molecule has 0 aliphatic carbocycles. The number of nitrogens with zero attached hydrogens (tertiary/aromatic N) is 6. The van der Waals surface area contributed by atoms with Gasteiger partial charge in [0.25, 0.3) is 0 Å². The fourth-order valence-electron chi connectivity index (χ4n) is 4.51. The first kappa shape index (κ1) is 22.1. The molecule has 1 amide bonds. The highest BCUT2D eigenvalue weighted by Crippen LogP contribution is 2.34. The quantitative estimate of drug-likeness (QED) is 0.572. The molecule has 0 unspecified atom stereocenters. The molecule has 3 aromatic rings. The molecule has 11 heteroatoms. The minimum Gasteiger partial charge on any atom is -0.432 e. The second-order valence-corrected chi connectivity index (χ2v) is 8.52. The van der Waals surface area contributed by atoms with Crippen LogP contribution in [0.2, 0.25) is 6.82 Å². The maximum absolute atomic E-state index is 14.8. The number of hydrogen-bond acceptors (Lipinski definition) is 7. The average molecular weight is 460 g/mol. The topological polar surface area (TPSA) is 119 Å². The fraction of sp³-hybridized carbons (Fsp3) is 0.304. The molecule has 0 spiro atoms. The number of halogens is 1. The van der Waals surface area contributed by atoms with E-state index < -0.39 is 18.8 Å². The highest BCUT2D eigenvalue weighted by Gasteiger charge is 2.37. The molecule has 0 radical (unpaired) electrons. The normalized spacial score (nSPS) is 16.0. The summed E-state index contributed by atoms with van der Waals surface area (Å²) in [5.41, 5.74) is 1.44. The Balaban J connectivity index is 1.65. The van der Waals surface area contributed by atoms with Gasteiger partial charge in [0.05, 0.1) is 52.5 Å². The number of aliphatic hydroxyl groups is 1. The molecular weight excluding hydrogens is 438 g/mol. The highest BCUT2D eigenvalue weighted by molar-refractivity contribution is 6.50. The van der Waals surface area contributed by atoms with Crippen molar-refractivity contribution >= 4 is 18.8 Å². The number of rotatable bonds is 4. The Morgan fingerprint density at radius 2 is 2.00 bits per heavy atom. The Hall–Kier alpha value is -3.75. The summed E-state index contributed by atoms with van der Waals surface area (Å²) in [4.78, 5) is 21.0. The minimum absolute atomic E-state index is 0.0504. The van der Waals surface area contributed by atoms with E-state index in [2.05, 4.69) is 15.0 Å². The van der Waals surface area contributed by atoms with Crippen molar-refractivity contribution in [2.24, 2.45) is 0 Å². The van der Waals surface area contributed by atoms with E-state index in [0.29, 0.717) is 43.1 Å². The van der Waals surface area contributed by atoms with E-state index in [-0.39, 0.29) is 35.0 Å². The maximum Gasteiger partial charge on any atom is 0.412 e. The van der Waals surface area contributed by atoms with Gasteiger partial charge in [-0.25, -0.2) is 14.1 Å². The van der Waals surface area contributed by atoms with Gasteiger partial charge in [-0.15, -0.1) is 0 Å². The van der Waals surface area contributed by atoms with Crippen molar-refractivity contribution in [3.05, 3.63) is 59.2 Å². The van der Waals surface area contributed by atoms with Crippen LogP contribution in [0.3, 0.4) is 0 Å². The second-order valence-electron chi connectivity index (χ2n) is 8.52. The predicted molar refractivity (Wildman–Crippen MR) is 123 cm³/mol. The van der Waals surface area contributed by atoms with Gasteiger partial charge in [-0.2, -0.15) is 10.4 Å². The van der Waals surface area contributed by atoms with Gasteiger partial charge in [-0.3, -0.25) is 4.79 Å². The third-order valence-electron chi connectivity index (χ3n) is 6.32. The lowest BCUT2D eigenvalue weighted by atomic mass is 9.85. The number of carbonyl (C=O) groups excluding carboxylic acids is 1. The van der Waals surface area contributed by atoms with E-state index in [0.717, 1.165) is 0 Å². The van der Waals surface area contributed by atoms with Crippen LogP contribution in [0.15, 0.2) is 36.5 Å². The number of anilines is 1. The van der Waals surface area contributed by atoms with Crippen LogP contribution in [0, 0.1) is 17.1 Å². The molecule has 0 bridgehead atoms. The van der Waals surface area contributed by atoms with E-state index in [1.807, 2.05) is 12.1 Å². The number of piperidine rings is 1. The summed E-state index contributed by atoms with van der Waals surface area (Å²) in [6.07, 6.45) is 2.69. The Bertz CT molecular complexity index is 1310. The van der Waals surface area contributed by atoms with Gasteiger partial charge >= 0.3 is 7.05 Å². The van der Waals surface area contributed by atoms with Gasteiger partial charge in [0.2, 0.25) is 5.91 Å². The monoisotopic (exact) mass is 460 g/mol. The molecule has 2 aliphatic heterocycles. The Labute approximate surface area is 195 Å². The first-order valence-electron chi connectivity index (χ1n) is 11.1. The van der Waals surface area contributed by atoms with Crippen molar-refractivity contribution in [1.29, 1.82) is 5.26 Å². The summed E-state index contributed by atoms with van der Waals surface area (Å²) in [7, 11) is -1.03. The molecular formula is C23H22BFN6O3. The standard InChI is InChI=1S/C23H22BFN6O3/c1-24(34)30-13-18-22(23(30)33)19(11-17(27-18)21-14(12-26)3-2-4-16(21)25)31-10-7-20(28-31)29-8-5-15(32)6-9-29/h2-4,7,10-11,15,32,34H,5-6,8-9,13H2,1H3. The molecule has 34 heavy (non-hydrogen) atoms. The Kier molecular flexibility index (Phi) is 5.55. The third kappa shape index (κ3) is 3.71. The van der Waals surface area contributed by atoms with Crippen molar-refractivity contribution in [3.8, 4) is 23.0 Å². The van der Waals surface area contributed by atoms with Gasteiger partial charge < -0.3 is 19.8 Å². The number of hydrogen-bond donors (Lipinski definition) is 2. The first-order chi connectivity index (χ1) is 16.4. The van der Waals surface area contributed by atoms with Crippen molar-refractivity contribution in [2.45, 2.75) is 32.3 Å². The molecule has 172 valence electrons. The molecule has 1 fully saturated rings. The lowest BCUT2D eigenvalue weighted by Gasteiger charge is -2.29. The van der Waals surface area contributed by atoms with Gasteiger partial charge in [0.15, 0.2) is 5.82 Å². The third-order valence-corrected chi connectivity index (χ3v) is 6.32. The zero-order valence-corrected chi connectivity index (χ0v) is 18.5. The van der Waals surface area contributed by atoms with Gasteiger partial charge in [0.1, 0.15) is 5.82 Å². The summed E-state index contributed by atoms with van der Waals surface area (Å²) >= 11 is 0. The van der Waals surface area contributed by atoms with Gasteiger partial charge in [-0.05, 0) is 37.9 Å².